The standard InChI is InChI=1S/C15H19ClN4OS/c1-10-7-5-6-8-12(10)20(14(21)11(2)16)9-13-17-18-15(22-4)19(13)3/h5-8,11H,9H2,1-4H3. The quantitative estimate of drug-likeness (QED) is 0.621. The number of hydrogen-bond acceptors (Lipinski definition) is 4. The fourth-order valence-corrected chi connectivity index (χ4v) is 2.78. The molecule has 0 spiro atoms. The first-order valence-corrected chi connectivity index (χ1v) is 8.55. The first kappa shape index (κ1) is 16.8. The summed E-state index contributed by atoms with van der Waals surface area (Å²) in [6.07, 6.45) is 1.94. The van der Waals surface area contributed by atoms with Gasteiger partial charge in [0, 0.05) is 12.7 Å². The molecule has 1 amide bonds. The second-order valence-electron chi connectivity index (χ2n) is 4.99. The molecule has 1 unspecified atom stereocenters. The Morgan fingerprint density at radius 3 is 2.64 bits per heavy atom. The molecule has 118 valence electrons. The van der Waals surface area contributed by atoms with E-state index >= 15 is 0 Å². The lowest BCUT2D eigenvalue weighted by molar-refractivity contribution is -0.118. The number of benzene rings is 1. The van der Waals surface area contributed by atoms with Crippen molar-refractivity contribution in [1.82, 2.24) is 14.8 Å². The van der Waals surface area contributed by atoms with Crippen LogP contribution in [0.5, 0.6) is 0 Å². The summed E-state index contributed by atoms with van der Waals surface area (Å²) < 4.78 is 1.89. The number of aryl methyl sites for hydroxylation is 1. The highest BCUT2D eigenvalue weighted by Gasteiger charge is 2.24. The van der Waals surface area contributed by atoms with E-state index in [0.717, 1.165) is 22.2 Å². The number of anilines is 1. The lowest BCUT2D eigenvalue weighted by Crippen LogP contribution is -2.36. The predicted molar refractivity (Wildman–Crippen MR) is 90.5 cm³/mol. The second-order valence-corrected chi connectivity index (χ2v) is 6.42. The molecule has 22 heavy (non-hydrogen) atoms. The number of carbonyl (C=O) groups excluding carboxylic acids is 1. The van der Waals surface area contributed by atoms with Crippen LogP contribution in [0.2, 0.25) is 0 Å². The first-order valence-electron chi connectivity index (χ1n) is 6.89. The second kappa shape index (κ2) is 7.15. The van der Waals surface area contributed by atoms with Crippen molar-refractivity contribution >= 4 is 35.0 Å². The van der Waals surface area contributed by atoms with E-state index in [1.807, 2.05) is 49.1 Å². The number of aromatic nitrogens is 3. The summed E-state index contributed by atoms with van der Waals surface area (Å²) in [4.78, 5) is 14.2. The van der Waals surface area contributed by atoms with Gasteiger partial charge in [-0.05, 0) is 31.7 Å². The van der Waals surface area contributed by atoms with Crippen molar-refractivity contribution in [2.75, 3.05) is 11.2 Å². The summed E-state index contributed by atoms with van der Waals surface area (Å²) >= 11 is 7.54. The predicted octanol–water partition coefficient (Wildman–Crippen LogP) is 3.01. The Kier molecular flexibility index (Phi) is 5.47. The van der Waals surface area contributed by atoms with E-state index in [1.54, 1.807) is 11.8 Å². The maximum absolute atomic E-state index is 12.5. The van der Waals surface area contributed by atoms with E-state index in [4.69, 9.17) is 11.6 Å². The van der Waals surface area contributed by atoms with Crippen LogP contribution in [0, 0.1) is 6.92 Å². The molecule has 0 bridgehead atoms. The Hall–Kier alpha value is -1.53. The van der Waals surface area contributed by atoms with Gasteiger partial charge in [-0.15, -0.1) is 21.8 Å². The van der Waals surface area contributed by atoms with Crippen LogP contribution in [0.4, 0.5) is 5.69 Å². The van der Waals surface area contributed by atoms with Crippen molar-refractivity contribution < 1.29 is 4.79 Å². The fourth-order valence-electron chi connectivity index (χ4n) is 2.16. The van der Waals surface area contributed by atoms with Gasteiger partial charge < -0.3 is 9.47 Å². The number of nitrogens with zero attached hydrogens (tertiary/aromatic N) is 4. The number of alkyl halides is 1. The molecule has 0 N–H and O–H groups in total. The number of amides is 1. The van der Waals surface area contributed by atoms with E-state index < -0.39 is 5.38 Å². The summed E-state index contributed by atoms with van der Waals surface area (Å²) in [5, 5.41) is 8.50. The van der Waals surface area contributed by atoms with Gasteiger partial charge in [-0.25, -0.2) is 0 Å². The van der Waals surface area contributed by atoms with Crippen molar-refractivity contribution in [3.8, 4) is 0 Å². The Bertz CT molecular complexity index is 671. The lowest BCUT2D eigenvalue weighted by atomic mass is 10.1. The van der Waals surface area contributed by atoms with Gasteiger partial charge in [0.25, 0.3) is 0 Å². The molecule has 2 aromatic rings. The number of hydrogen-bond donors (Lipinski definition) is 0. The SMILES string of the molecule is CSc1nnc(CN(C(=O)C(C)Cl)c2ccccc2C)n1C. The van der Waals surface area contributed by atoms with Gasteiger partial charge in [-0.1, -0.05) is 30.0 Å². The Morgan fingerprint density at radius 2 is 2.09 bits per heavy atom. The van der Waals surface area contributed by atoms with Crippen LogP contribution in [0.25, 0.3) is 0 Å². The molecule has 1 aromatic heterocycles. The molecule has 5 nitrogen and oxygen atoms in total. The van der Waals surface area contributed by atoms with Crippen molar-refractivity contribution in [3.05, 3.63) is 35.7 Å². The molecule has 0 aliphatic carbocycles. The summed E-state index contributed by atoms with van der Waals surface area (Å²) in [5.74, 6) is 0.572. The fraction of sp³-hybridized carbons (Fsp3) is 0.400. The Labute approximate surface area is 139 Å². The van der Waals surface area contributed by atoms with Gasteiger partial charge in [0.1, 0.15) is 5.38 Å². The summed E-state index contributed by atoms with van der Waals surface area (Å²) in [7, 11) is 1.89. The van der Waals surface area contributed by atoms with Crippen LogP contribution in [0.1, 0.15) is 18.3 Å². The van der Waals surface area contributed by atoms with E-state index in [9.17, 15) is 4.79 Å². The summed E-state index contributed by atoms with van der Waals surface area (Å²) in [5.41, 5.74) is 1.86. The van der Waals surface area contributed by atoms with E-state index in [-0.39, 0.29) is 5.91 Å². The Balaban J connectivity index is 2.39. The molecule has 7 heteroatoms. The average Bonchev–Trinajstić information content (AvgIpc) is 2.85. The van der Waals surface area contributed by atoms with E-state index in [0.29, 0.717) is 6.54 Å². The number of carbonyl (C=O) groups is 1. The Morgan fingerprint density at radius 1 is 1.41 bits per heavy atom. The van der Waals surface area contributed by atoms with E-state index in [1.165, 1.54) is 11.8 Å². The van der Waals surface area contributed by atoms with Crippen LogP contribution >= 0.6 is 23.4 Å². The van der Waals surface area contributed by atoms with Crippen molar-refractivity contribution in [3.63, 3.8) is 0 Å². The van der Waals surface area contributed by atoms with Crippen LogP contribution in [-0.4, -0.2) is 32.3 Å². The van der Waals surface area contributed by atoms with Crippen LogP contribution in [0.3, 0.4) is 0 Å². The van der Waals surface area contributed by atoms with E-state index in [2.05, 4.69) is 10.2 Å². The molecule has 0 saturated carbocycles. The number of rotatable bonds is 5. The monoisotopic (exact) mass is 338 g/mol. The highest BCUT2D eigenvalue weighted by molar-refractivity contribution is 7.98. The molecule has 0 aliphatic heterocycles. The highest BCUT2D eigenvalue weighted by atomic mass is 35.5. The van der Waals surface area contributed by atoms with Gasteiger partial charge in [0.2, 0.25) is 5.91 Å². The third-order valence-electron chi connectivity index (χ3n) is 3.42. The van der Waals surface area contributed by atoms with Gasteiger partial charge >= 0.3 is 0 Å². The molecule has 0 saturated heterocycles. The maximum atomic E-state index is 12.5. The molecule has 1 aromatic carbocycles. The number of halogens is 1. The van der Waals surface area contributed by atoms with Crippen molar-refractivity contribution in [2.45, 2.75) is 30.9 Å². The molecule has 0 fully saturated rings. The minimum absolute atomic E-state index is 0.148. The molecule has 0 aliphatic rings. The van der Waals surface area contributed by atoms with Gasteiger partial charge in [0.15, 0.2) is 11.0 Å². The molecule has 0 radical (unpaired) electrons. The summed E-state index contributed by atoms with van der Waals surface area (Å²) in [6, 6.07) is 7.74. The smallest absolute Gasteiger partial charge is 0.245 e. The van der Waals surface area contributed by atoms with Crippen LogP contribution in [-0.2, 0) is 18.4 Å². The van der Waals surface area contributed by atoms with Crippen molar-refractivity contribution in [1.29, 1.82) is 0 Å². The van der Waals surface area contributed by atoms with Gasteiger partial charge in [-0.3, -0.25) is 4.79 Å². The van der Waals surface area contributed by atoms with Crippen LogP contribution in [0.15, 0.2) is 29.4 Å². The minimum Gasteiger partial charge on any atom is -0.308 e. The minimum atomic E-state index is -0.604. The number of thioether (sulfide) groups is 1. The third kappa shape index (κ3) is 3.44. The molecule has 1 atom stereocenters. The number of para-hydroxylation sites is 1. The highest BCUT2D eigenvalue weighted by Crippen LogP contribution is 2.24. The molecule has 1 heterocycles. The lowest BCUT2D eigenvalue weighted by Gasteiger charge is -2.25. The average molecular weight is 339 g/mol. The summed E-state index contributed by atoms with van der Waals surface area (Å²) in [6.45, 7) is 3.99. The third-order valence-corrected chi connectivity index (χ3v) is 4.33. The first-order chi connectivity index (χ1) is 10.5. The molecule has 2 rings (SSSR count). The topological polar surface area (TPSA) is 51.0 Å². The van der Waals surface area contributed by atoms with Gasteiger partial charge in [0.05, 0.1) is 6.54 Å². The maximum Gasteiger partial charge on any atom is 0.245 e. The van der Waals surface area contributed by atoms with Crippen LogP contribution < -0.4 is 4.90 Å². The zero-order valence-electron chi connectivity index (χ0n) is 13.1. The zero-order chi connectivity index (χ0) is 16.3. The van der Waals surface area contributed by atoms with Gasteiger partial charge in [-0.2, -0.15) is 0 Å². The normalized spacial score (nSPS) is 12.2. The van der Waals surface area contributed by atoms with Crippen molar-refractivity contribution in [2.24, 2.45) is 7.05 Å². The molecular formula is C15H19ClN4OS. The zero-order valence-corrected chi connectivity index (χ0v) is 14.6. The largest absolute Gasteiger partial charge is 0.308 e. The molecular weight excluding hydrogens is 320 g/mol.